The fourth-order valence-corrected chi connectivity index (χ4v) is 14.1. The molecule has 544 valence electrons. The molecule has 13 rings (SSSR count). The molecule has 6 N–H and O–H groups in total. The van der Waals surface area contributed by atoms with Gasteiger partial charge in [-0.05, 0) is 205 Å². The zero-order valence-electron chi connectivity index (χ0n) is 57.4. The van der Waals surface area contributed by atoms with Gasteiger partial charge in [-0.3, -0.25) is 29.1 Å². The Labute approximate surface area is 599 Å². The van der Waals surface area contributed by atoms with E-state index in [1.807, 2.05) is 24.3 Å². The van der Waals surface area contributed by atoms with Gasteiger partial charge in [0.1, 0.15) is 0 Å². The van der Waals surface area contributed by atoms with Crippen molar-refractivity contribution in [3.05, 3.63) is 208 Å². The number of piperidine rings is 3. The molecule has 6 aromatic carbocycles. The summed E-state index contributed by atoms with van der Waals surface area (Å²) in [5.74, 6) is -0.849. The maximum Gasteiger partial charge on any atom is 0.328 e. The minimum absolute atomic E-state index is 0. The summed E-state index contributed by atoms with van der Waals surface area (Å²) in [6.45, 7) is 11.0. The molecule has 0 radical (unpaired) electrons. The number of anilines is 2. The Morgan fingerprint density at radius 3 is 1.55 bits per heavy atom. The van der Waals surface area contributed by atoms with Crippen molar-refractivity contribution in [3.8, 4) is 11.5 Å². The summed E-state index contributed by atoms with van der Waals surface area (Å²) in [5.41, 5.74) is 13.2. The van der Waals surface area contributed by atoms with Crippen molar-refractivity contribution in [1.82, 2.24) is 19.9 Å². The number of aromatic nitrogens is 1. The summed E-state index contributed by atoms with van der Waals surface area (Å²) in [5, 5.41) is 43.0. The van der Waals surface area contributed by atoms with Crippen LogP contribution in [0.2, 0.25) is 0 Å². The maximum atomic E-state index is 12.9. The van der Waals surface area contributed by atoms with Crippen LogP contribution in [0.3, 0.4) is 0 Å². The van der Waals surface area contributed by atoms with E-state index in [9.17, 15) is 33.6 Å². The Balaban J connectivity index is 0.000000192. The van der Waals surface area contributed by atoms with Crippen molar-refractivity contribution in [3.63, 3.8) is 0 Å². The summed E-state index contributed by atoms with van der Waals surface area (Å²) >= 11 is 0. The number of likely N-dealkylation sites (tertiary alicyclic amines) is 3. The van der Waals surface area contributed by atoms with Crippen molar-refractivity contribution in [2.45, 2.75) is 137 Å². The monoisotopic (exact) mass is 1390 g/mol. The van der Waals surface area contributed by atoms with Gasteiger partial charge in [-0.2, -0.15) is 0 Å². The van der Waals surface area contributed by atoms with Crippen molar-refractivity contribution in [2.75, 3.05) is 70.7 Å². The van der Waals surface area contributed by atoms with Crippen LogP contribution in [0.4, 0.5) is 11.4 Å². The van der Waals surface area contributed by atoms with Crippen LogP contribution in [0.15, 0.2) is 162 Å². The molecule has 20 nitrogen and oxygen atoms in total. The second-order valence-electron chi connectivity index (χ2n) is 26.6. The molecule has 0 saturated carbocycles. The highest BCUT2D eigenvalue weighted by Gasteiger charge is 2.35. The third kappa shape index (κ3) is 24.8. The first-order valence-electron chi connectivity index (χ1n) is 34.9. The average molecular weight is 1400 g/mol. The molecule has 0 spiro atoms. The minimum Gasteiger partial charge on any atom is -0.493 e. The molecule has 5 aliphatic heterocycles. The smallest absolute Gasteiger partial charge is 0.328 e. The number of ketones is 2. The van der Waals surface area contributed by atoms with Gasteiger partial charge in [0.15, 0.2) is 28.6 Å². The van der Waals surface area contributed by atoms with Gasteiger partial charge in [0.05, 0.1) is 26.3 Å². The van der Waals surface area contributed by atoms with Gasteiger partial charge in [-0.25, -0.2) is 19.2 Å². The number of methoxy groups -OCH3 is 2. The van der Waals surface area contributed by atoms with Gasteiger partial charge in [-0.1, -0.05) is 123 Å². The van der Waals surface area contributed by atoms with E-state index in [1.165, 1.54) is 92.4 Å². The number of nitrogens with zero attached hydrogens (tertiary/aromatic N) is 4. The van der Waals surface area contributed by atoms with E-state index in [-0.39, 0.29) is 32.5 Å². The van der Waals surface area contributed by atoms with Crippen LogP contribution in [-0.2, 0) is 69.3 Å². The van der Waals surface area contributed by atoms with Gasteiger partial charge in [0, 0.05) is 96.8 Å². The summed E-state index contributed by atoms with van der Waals surface area (Å²) in [4.78, 5) is 83.1. The van der Waals surface area contributed by atoms with Crippen LogP contribution >= 0.6 is 0 Å². The van der Waals surface area contributed by atoms with Crippen molar-refractivity contribution < 1.29 is 68.0 Å². The molecular weight excluding hydrogens is 1290 g/mol. The van der Waals surface area contributed by atoms with Crippen LogP contribution < -0.4 is 20.1 Å². The van der Waals surface area contributed by atoms with E-state index in [0.717, 1.165) is 141 Å². The fraction of sp³-hybridized carbons (Fsp3) is 0.415. The maximum absolute atomic E-state index is 12.9. The molecule has 1 atom stereocenters. The first kappa shape index (κ1) is 79.6. The molecule has 1 unspecified atom stereocenters. The summed E-state index contributed by atoms with van der Waals surface area (Å²) in [6, 6.07) is 46.2. The number of carbonyl (C=O) groups is 7. The normalized spacial score (nSPS) is 16.9. The van der Waals surface area contributed by atoms with Crippen molar-refractivity contribution >= 4 is 63.7 Å². The Morgan fingerprint density at radius 1 is 0.559 bits per heavy atom. The minimum atomic E-state index is -1.26. The lowest BCUT2D eigenvalue weighted by Crippen LogP contribution is -2.34. The fourth-order valence-electron chi connectivity index (χ4n) is 14.1. The summed E-state index contributed by atoms with van der Waals surface area (Å²) < 4.78 is 16.3. The number of carboxylic acid groups (broad SMARTS) is 4. The molecule has 1 amide bonds. The average Bonchev–Trinajstić information content (AvgIpc) is 1.64. The molecule has 1 aliphatic carbocycles. The first-order valence-corrected chi connectivity index (χ1v) is 34.9. The number of aliphatic carboxylic acids is 4. The van der Waals surface area contributed by atoms with Crippen LogP contribution in [0.5, 0.6) is 11.5 Å². The standard InChI is InChI=1S/C25H32N2O.C24H29NO3.C23H25N3O2.2C4H4O4.2CH4/c28-25(23-11-10-22-8-4-5-15-26-24(22)18-23)12-9-20-13-16-27(17-14-20)19-21-6-2-1-3-7-21;1-27-22-14-19-13-20(24(26)21(19)15-23(22)28-2)12-17-8-10-25(11-9-17)16-18-6-4-3-5-7-18;27-23-13-18-12-19-20(25-28-22(19)14-21(18)24-23)7-6-16-8-10-26(11-9-16)15-17-4-2-1-3-5-17;2*5-3(6)1-2-4(7)8;;/h1-3,6-7,10-11,18,20,26H,4-5,8-9,12-17,19H2;3-7,14-15,17,20H,8-13,16H2,1-2H3;1-5,12,14,16H,6-11,13,15H2,(H,24,27);2*1-2H,(H,5,6)(H,7,8);2*1H4/b;;;2-1+;2-1-;;. The number of carboxylic acids is 4. The van der Waals surface area contributed by atoms with E-state index in [4.69, 9.17) is 34.4 Å². The topological polar surface area (TPSA) is 279 Å². The highest BCUT2D eigenvalue weighted by molar-refractivity contribution is 6.03. The highest BCUT2D eigenvalue weighted by atomic mass is 16.5. The molecule has 3 fully saturated rings. The number of Topliss-reactive ketones (excluding diaryl/α,β-unsaturated/α-hetero) is 2. The molecule has 102 heavy (non-hydrogen) atoms. The van der Waals surface area contributed by atoms with Gasteiger partial charge < -0.3 is 45.1 Å². The number of rotatable bonds is 21. The quantitative estimate of drug-likeness (QED) is 0.0288. The van der Waals surface area contributed by atoms with Crippen LogP contribution in [0, 0.1) is 23.7 Å². The number of aryl methyl sites for hydroxylation is 2. The number of amides is 1. The Bertz CT molecular complexity index is 3860. The molecule has 6 heterocycles. The zero-order chi connectivity index (χ0) is 70.8. The van der Waals surface area contributed by atoms with Crippen molar-refractivity contribution in [2.24, 2.45) is 23.7 Å². The lowest BCUT2D eigenvalue weighted by Gasteiger charge is -2.32. The second-order valence-corrected chi connectivity index (χ2v) is 26.6. The van der Waals surface area contributed by atoms with Gasteiger partial charge >= 0.3 is 23.9 Å². The zero-order valence-corrected chi connectivity index (χ0v) is 57.4. The number of carbonyl (C=O) groups excluding carboxylic acids is 3. The summed E-state index contributed by atoms with van der Waals surface area (Å²) in [6.07, 6.45) is 19.2. The Morgan fingerprint density at radius 2 is 1.05 bits per heavy atom. The molecule has 3 saturated heterocycles. The van der Waals surface area contributed by atoms with E-state index in [2.05, 4.69) is 140 Å². The van der Waals surface area contributed by atoms with Crippen LogP contribution in [0.25, 0.3) is 11.0 Å². The molecular formula is C82H102N6O14. The number of fused-ring (bicyclic) bond motifs is 4. The second kappa shape index (κ2) is 40.6. The summed E-state index contributed by atoms with van der Waals surface area (Å²) in [7, 11) is 3.26. The van der Waals surface area contributed by atoms with Crippen LogP contribution in [0.1, 0.15) is 152 Å². The third-order valence-electron chi connectivity index (χ3n) is 19.5. The van der Waals surface area contributed by atoms with E-state index < -0.39 is 23.9 Å². The number of hydrogen-bond donors (Lipinski definition) is 6. The number of hydrogen-bond acceptors (Lipinski definition) is 15. The van der Waals surface area contributed by atoms with Gasteiger partial charge in [0.2, 0.25) is 5.91 Å². The SMILES string of the molecule is C.C.COc1cc2c(cc1OC)C(=O)C(CC1CCN(Cc3ccccc3)CC1)C2.O=C(CCC1CCN(Cc2ccccc2)CC1)c1ccc2c(c1)NCCCC2.O=C(O)/C=C/C(=O)O.O=C(O)/C=C\C(=O)O.O=C1Cc2cc3c(CCC4CCN(Cc5ccccc5)CC4)noc3cc2N1. The molecule has 1 aromatic heterocycles. The van der Waals surface area contributed by atoms with E-state index in [1.54, 1.807) is 14.2 Å². The molecule has 6 aliphatic rings. The Kier molecular flexibility index (Phi) is 31.7. The number of benzene rings is 6. The van der Waals surface area contributed by atoms with Crippen molar-refractivity contribution in [1.29, 1.82) is 0 Å². The highest BCUT2D eigenvalue weighted by Crippen LogP contribution is 2.40. The molecule has 20 heteroatoms. The number of ether oxygens (including phenoxy) is 2. The third-order valence-corrected chi connectivity index (χ3v) is 19.5. The molecule has 7 aromatic rings. The lowest BCUT2D eigenvalue weighted by atomic mass is 9.85. The lowest BCUT2D eigenvalue weighted by molar-refractivity contribution is -0.134. The van der Waals surface area contributed by atoms with E-state index >= 15 is 0 Å². The first-order chi connectivity index (χ1) is 48.4. The van der Waals surface area contributed by atoms with E-state index in [0.29, 0.717) is 66.3 Å². The van der Waals surface area contributed by atoms with Gasteiger partial charge in [0.25, 0.3) is 0 Å². The van der Waals surface area contributed by atoms with Crippen LogP contribution in [-0.4, -0.2) is 142 Å². The Hall–Kier alpha value is -9.76. The number of nitrogens with one attached hydrogen (secondary N) is 2. The largest absolute Gasteiger partial charge is 0.493 e. The van der Waals surface area contributed by atoms with Gasteiger partial charge in [-0.15, -0.1) is 0 Å². The predicted octanol–water partition coefficient (Wildman–Crippen LogP) is 14.5. The molecule has 0 bridgehead atoms. The predicted molar refractivity (Wildman–Crippen MR) is 397 cm³/mol.